The normalized spacial score (nSPS) is 35.7. The maximum Gasteiger partial charge on any atom is 0.0830 e. The van der Waals surface area contributed by atoms with Crippen molar-refractivity contribution >= 4 is 0 Å². The van der Waals surface area contributed by atoms with Crippen LogP contribution in [-0.2, 0) is 0 Å². The lowest BCUT2D eigenvalue weighted by Crippen LogP contribution is -2.33. The molecule has 3 nitrogen and oxygen atoms in total. The molecule has 0 saturated carbocycles. The summed E-state index contributed by atoms with van der Waals surface area (Å²) in [6.07, 6.45) is -0.317. The Balaban J connectivity index is 2.41. The molecule has 1 heterocycles. The first-order valence-electron chi connectivity index (χ1n) is 3.79. The Morgan fingerprint density at radius 3 is 2.30 bits per heavy atom. The van der Waals surface area contributed by atoms with Gasteiger partial charge >= 0.3 is 0 Å². The lowest BCUT2D eigenvalue weighted by molar-refractivity contribution is 0.158. The van der Waals surface area contributed by atoms with Gasteiger partial charge in [0.2, 0.25) is 0 Å². The fraction of sp³-hybridized carbons (Fsp3) is 1.00. The second-order valence-electron chi connectivity index (χ2n) is 3.28. The van der Waals surface area contributed by atoms with Crippen LogP contribution in [0.4, 0.5) is 0 Å². The quantitative estimate of drug-likeness (QED) is 0.516. The van der Waals surface area contributed by atoms with Crippen LogP contribution < -0.4 is 5.73 Å². The molecule has 2 atom stereocenters. The van der Waals surface area contributed by atoms with E-state index >= 15 is 0 Å². The predicted molar refractivity (Wildman–Crippen MR) is 40.7 cm³/mol. The van der Waals surface area contributed by atoms with Crippen LogP contribution in [0.25, 0.3) is 0 Å². The van der Waals surface area contributed by atoms with E-state index in [0.29, 0.717) is 6.04 Å². The van der Waals surface area contributed by atoms with Crippen LogP contribution in [0, 0.1) is 0 Å². The SMILES string of the molecule is CC(C)N1C[C@@H](N)[C@@H](O)C1. The van der Waals surface area contributed by atoms with E-state index in [4.69, 9.17) is 5.73 Å². The maximum absolute atomic E-state index is 9.25. The fourth-order valence-electron chi connectivity index (χ4n) is 1.26. The molecule has 0 aromatic rings. The minimum Gasteiger partial charge on any atom is -0.390 e. The van der Waals surface area contributed by atoms with Gasteiger partial charge in [0.25, 0.3) is 0 Å². The van der Waals surface area contributed by atoms with Crippen molar-refractivity contribution in [2.75, 3.05) is 13.1 Å². The highest BCUT2D eigenvalue weighted by atomic mass is 16.3. The van der Waals surface area contributed by atoms with Crippen LogP contribution >= 0.6 is 0 Å². The molecule has 1 aliphatic heterocycles. The molecule has 60 valence electrons. The van der Waals surface area contributed by atoms with E-state index in [-0.39, 0.29) is 12.1 Å². The molecule has 1 fully saturated rings. The number of hydrogen-bond acceptors (Lipinski definition) is 3. The number of aliphatic hydroxyl groups is 1. The topological polar surface area (TPSA) is 49.5 Å². The van der Waals surface area contributed by atoms with Crippen molar-refractivity contribution in [3.05, 3.63) is 0 Å². The number of nitrogens with two attached hydrogens (primary N) is 1. The molecule has 10 heavy (non-hydrogen) atoms. The molecule has 3 N–H and O–H groups in total. The smallest absolute Gasteiger partial charge is 0.0830 e. The van der Waals surface area contributed by atoms with Gasteiger partial charge in [-0.25, -0.2) is 0 Å². The summed E-state index contributed by atoms with van der Waals surface area (Å²) < 4.78 is 0. The molecule has 0 spiro atoms. The Kier molecular flexibility index (Phi) is 2.28. The molecular formula is C7H16N2O. The first-order chi connectivity index (χ1) is 4.61. The lowest BCUT2D eigenvalue weighted by Gasteiger charge is -2.18. The van der Waals surface area contributed by atoms with E-state index in [1.54, 1.807) is 0 Å². The van der Waals surface area contributed by atoms with E-state index in [1.165, 1.54) is 0 Å². The van der Waals surface area contributed by atoms with Crippen LogP contribution in [0.15, 0.2) is 0 Å². The van der Waals surface area contributed by atoms with Gasteiger partial charge in [-0.3, -0.25) is 4.90 Å². The summed E-state index contributed by atoms with van der Waals surface area (Å²) in [5.74, 6) is 0. The monoisotopic (exact) mass is 144 g/mol. The summed E-state index contributed by atoms with van der Waals surface area (Å²) in [6, 6.07) is 0.464. The van der Waals surface area contributed by atoms with Gasteiger partial charge in [-0.1, -0.05) is 0 Å². The van der Waals surface area contributed by atoms with Crippen LogP contribution in [-0.4, -0.2) is 41.3 Å². The van der Waals surface area contributed by atoms with E-state index in [9.17, 15) is 5.11 Å². The minimum atomic E-state index is -0.317. The molecule has 0 aliphatic carbocycles. The van der Waals surface area contributed by atoms with E-state index < -0.39 is 0 Å². The van der Waals surface area contributed by atoms with Gasteiger partial charge in [0, 0.05) is 25.2 Å². The minimum absolute atomic E-state index is 0.0394. The van der Waals surface area contributed by atoms with Crippen molar-refractivity contribution in [2.24, 2.45) is 5.73 Å². The van der Waals surface area contributed by atoms with Crippen LogP contribution in [0.5, 0.6) is 0 Å². The zero-order valence-corrected chi connectivity index (χ0v) is 6.62. The van der Waals surface area contributed by atoms with Crippen molar-refractivity contribution in [2.45, 2.75) is 32.0 Å². The van der Waals surface area contributed by atoms with E-state index in [0.717, 1.165) is 13.1 Å². The second kappa shape index (κ2) is 2.86. The Bertz CT molecular complexity index is 106. The van der Waals surface area contributed by atoms with Gasteiger partial charge in [-0.2, -0.15) is 0 Å². The maximum atomic E-state index is 9.25. The third-order valence-electron chi connectivity index (χ3n) is 2.09. The summed E-state index contributed by atoms with van der Waals surface area (Å²) in [4.78, 5) is 2.19. The number of nitrogens with zero attached hydrogens (tertiary/aromatic N) is 1. The highest BCUT2D eigenvalue weighted by Crippen LogP contribution is 2.10. The Labute approximate surface area is 61.8 Å². The Morgan fingerprint density at radius 2 is 2.10 bits per heavy atom. The summed E-state index contributed by atoms with van der Waals surface area (Å²) in [5.41, 5.74) is 5.61. The van der Waals surface area contributed by atoms with Crippen molar-refractivity contribution in [3.63, 3.8) is 0 Å². The Morgan fingerprint density at radius 1 is 1.50 bits per heavy atom. The van der Waals surface area contributed by atoms with Gasteiger partial charge in [0.05, 0.1) is 6.10 Å². The third kappa shape index (κ3) is 1.48. The number of aliphatic hydroxyl groups excluding tert-OH is 1. The van der Waals surface area contributed by atoms with Gasteiger partial charge in [0.15, 0.2) is 0 Å². The average Bonchev–Trinajstić information content (AvgIpc) is 2.13. The molecule has 0 aromatic heterocycles. The fourth-order valence-corrected chi connectivity index (χ4v) is 1.26. The summed E-state index contributed by atoms with van der Waals surface area (Å²) in [5, 5.41) is 9.25. The van der Waals surface area contributed by atoms with Gasteiger partial charge < -0.3 is 10.8 Å². The molecule has 0 radical (unpaired) electrons. The third-order valence-corrected chi connectivity index (χ3v) is 2.09. The zero-order valence-electron chi connectivity index (χ0n) is 6.62. The average molecular weight is 144 g/mol. The lowest BCUT2D eigenvalue weighted by atomic mass is 10.2. The first-order valence-corrected chi connectivity index (χ1v) is 3.79. The van der Waals surface area contributed by atoms with Crippen molar-refractivity contribution in [1.82, 2.24) is 4.90 Å². The van der Waals surface area contributed by atoms with Gasteiger partial charge in [0.1, 0.15) is 0 Å². The van der Waals surface area contributed by atoms with E-state index in [1.807, 2.05) is 0 Å². The highest BCUT2D eigenvalue weighted by molar-refractivity contribution is 4.87. The standard InChI is InChI=1S/C7H16N2O/c1-5(2)9-3-6(8)7(10)4-9/h5-7,10H,3-4,8H2,1-2H3/t6-,7+/m1/s1. The summed E-state index contributed by atoms with van der Waals surface area (Å²) in [6.45, 7) is 5.80. The molecule has 0 aromatic carbocycles. The van der Waals surface area contributed by atoms with Crippen molar-refractivity contribution in [1.29, 1.82) is 0 Å². The number of rotatable bonds is 1. The summed E-state index contributed by atoms with van der Waals surface area (Å²) in [7, 11) is 0. The van der Waals surface area contributed by atoms with E-state index in [2.05, 4.69) is 18.7 Å². The largest absolute Gasteiger partial charge is 0.390 e. The first kappa shape index (κ1) is 7.98. The molecule has 0 amide bonds. The van der Waals surface area contributed by atoms with Gasteiger partial charge in [-0.05, 0) is 13.8 Å². The number of likely N-dealkylation sites (tertiary alicyclic amines) is 1. The predicted octanol–water partition coefficient (Wildman–Crippen LogP) is -0.601. The zero-order chi connectivity index (χ0) is 7.72. The van der Waals surface area contributed by atoms with Crippen molar-refractivity contribution in [3.8, 4) is 0 Å². The molecule has 0 unspecified atom stereocenters. The number of β-amino-alcohol motifs (C(OH)–C–C–N with tert-alkyl or cyclic N) is 1. The highest BCUT2D eigenvalue weighted by Gasteiger charge is 2.29. The van der Waals surface area contributed by atoms with Crippen LogP contribution in [0.3, 0.4) is 0 Å². The molecule has 1 aliphatic rings. The molecule has 3 heteroatoms. The molecular weight excluding hydrogens is 128 g/mol. The molecule has 0 bridgehead atoms. The second-order valence-corrected chi connectivity index (χ2v) is 3.28. The van der Waals surface area contributed by atoms with Crippen LogP contribution in [0.1, 0.15) is 13.8 Å². The molecule has 1 saturated heterocycles. The summed E-state index contributed by atoms with van der Waals surface area (Å²) >= 11 is 0. The Hall–Kier alpha value is -0.120. The van der Waals surface area contributed by atoms with Crippen LogP contribution in [0.2, 0.25) is 0 Å². The van der Waals surface area contributed by atoms with Crippen molar-refractivity contribution < 1.29 is 5.11 Å². The van der Waals surface area contributed by atoms with Gasteiger partial charge in [-0.15, -0.1) is 0 Å². The molecule has 1 rings (SSSR count). The number of hydrogen-bond donors (Lipinski definition) is 2.